The fourth-order valence-corrected chi connectivity index (χ4v) is 6.05. The summed E-state index contributed by atoms with van der Waals surface area (Å²) >= 11 is 6.05. The number of piperazine rings is 1. The van der Waals surface area contributed by atoms with E-state index in [1.165, 1.54) is 20.2 Å². The van der Waals surface area contributed by atoms with Gasteiger partial charge in [-0.2, -0.15) is 4.31 Å². The van der Waals surface area contributed by atoms with Gasteiger partial charge in [0.05, 0.1) is 24.8 Å². The van der Waals surface area contributed by atoms with Crippen molar-refractivity contribution in [3.63, 3.8) is 0 Å². The summed E-state index contributed by atoms with van der Waals surface area (Å²) in [7, 11) is -0.696. The average Bonchev–Trinajstić information content (AvgIpc) is 3.48. The van der Waals surface area contributed by atoms with Crippen LogP contribution >= 0.6 is 11.6 Å². The van der Waals surface area contributed by atoms with Gasteiger partial charge in [0, 0.05) is 56.1 Å². The predicted octanol–water partition coefficient (Wildman–Crippen LogP) is 0.911. The molecule has 36 heavy (non-hydrogen) atoms. The van der Waals surface area contributed by atoms with Crippen LogP contribution in [0.4, 0.5) is 0 Å². The van der Waals surface area contributed by atoms with Gasteiger partial charge in [0.15, 0.2) is 0 Å². The topological polar surface area (TPSA) is 144 Å². The van der Waals surface area contributed by atoms with Crippen molar-refractivity contribution in [1.82, 2.24) is 34.9 Å². The molecule has 2 aliphatic rings. The van der Waals surface area contributed by atoms with E-state index in [1.807, 2.05) is 0 Å². The van der Waals surface area contributed by atoms with Crippen molar-refractivity contribution >= 4 is 44.3 Å². The number of hydrogen-bond acceptors (Lipinski definition) is 8. The standard InChI is InChI=1S/C22H26ClN7O5S/c1-28(2)20(31)9-15-12-29(36(33,34)19-8-13-7-14(23)3-4-16(13)26-19)5-6-30(15)22(32)21-27-17-10-24-25-11-18(17)35-21/h3-4,7-8,15,24-26H,5-6,9-12H2,1-2H3. The number of nitrogens with zero attached hydrogens (tertiary/aromatic N) is 4. The van der Waals surface area contributed by atoms with Crippen LogP contribution in [0.3, 0.4) is 0 Å². The normalized spacial score (nSPS) is 18.9. The lowest BCUT2D eigenvalue weighted by molar-refractivity contribution is -0.130. The van der Waals surface area contributed by atoms with Crippen molar-refractivity contribution in [2.24, 2.45) is 0 Å². The molecule has 2 aliphatic heterocycles. The summed E-state index contributed by atoms with van der Waals surface area (Å²) in [6, 6.07) is 5.91. The van der Waals surface area contributed by atoms with Crippen molar-refractivity contribution in [3.05, 3.63) is 46.6 Å². The smallest absolute Gasteiger partial charge is 0.310 e. The Morgan fingerprint density at radius 2 is 1.97 bits per heavy atom. The quantitative estimate of drug-likeness (QED) is 0.437. The number of aromatic nitrogens is 2. The molecule has 4 heterocycles. The second-order valence-electron chi connectivity index (χ2n) is 8.97. The highest BCUT2D eigenvalue weighted by Gasteiger charge is 2.40. The van der Waals surface area contributed by atoms with Crippen molar-refractivity contribution in [3.8, 4) is 0 Å². The third-order valence-electron chi connectivity index (χ3n) is 6.38. The molecule has 3 N–H and O–H groups in total. The lowest BCUT2D eigenvalue weighted by atomic mass is 10.1. The van der Waals surface area contributed by atoms with Crippen LogP contribution in [0.15, 0.2) is 33.7 Å². The molecule has 192 valence electrons. The zero-order valence-corrected chi connectivity index (χ0v) is 21.3. The number of aromatic amines is 1. The summed E-state index contributed by atoms with van der Waals surface area (Å²) in [5.74, 6) is -0.203. The molecule has 1 atom stereocenters. The molecule has 14 heteroatoms. The van der Waals surface area contributed by atoms with E-state index in [-0.39, 0.29) is 42.9 Å². The molecule has 12 nitrogen and oxygen atoms in total. The van der Waals surface area contributed by atoms with E-state index >= 15 is 0 Å². The number of carbonyl (C=O) groups excluding carboxylic acids is 2. The van der Waals surface area contributed by atoms with Gasteiger partial charge in [0.2, 0.25) is 5.91 Å². The minimum Gasteiger partial charge on any atom is -0.436 e. The summed E-state index contributed by atoms with van der Waals surface area (Å²) in [5, 5.41) is 1.20. The third kappa shape index (κ3) is 4.60. The first-order valence-corrected chi connectivity index (χ1v) is 13.2. The minimum atomic E-state index is -3.93. The van der Waals surface area contributed by atoms with Crippen LogP contribution in [0.2, 0.25) is 5.02 Å². The Morgan fingerprint density at radius 3 is 2.72 bits per heavy atom. The first-order chi connectivity index (χ1) is 17.1. The number of fused-ring (bicyclic) bond motifs is 2. The molecule has 2 amide bonds. The number of rotatable bonds is 5. The molecule has 1 saturated heterocycles. The van der Waals surface area contributed by atoms with Gasteiger partial charge in [-0.25, -0.2) is 18.8 Å². The van der Waals surface area contributed by atoms with Gasteiger partial charge in [-0.05, 0) is 24.3 Å². The predicted molar refractivity (Wildman–Crippen MR) is 130 cm³/mol. The lowest BCUT2D eigenvalue weighted by Crippen LogP contribution is -2.57. The van der Waals surface area contributed by atoms with Crippen LogP contribution in [-0.2, 0) is 27.9 Å². The highest BCUT2D eigenvalue weighted by Crippen LogP contribution is 2.27. The number of sulfonamides is 1. The molecule has 1 unspecified atom stereocenters. The Bertz CT molecular complexity index is 1410. The number of H-pyrrole nitrogens is 1. The van der Waals surface area contributed by atoms with Gasteiger partial charge >= 0.3 is 5.91 Å². The van der Waals surface area contributed by atoms with E-state index in [0.29, 0.717) is 40.5 Å². The highest BCUT2D eigenvalue weighted by molar-refractivity contribution is 7.89. The van der Waals surface area contributed by atoms with E-state index in [4.69, 9.17) is 16.0 Å². The molecule has 0 radical (unpaired) electrons. The number of halogens is 1. The van der Waals surface area contributed by atoms with Crippen molar-refractivity contribution in [1.29, 1.82) is 0 Å². The monoisotopic (exact) mass is 535 g/mol. The zero-order chi connectivity index (χ0) is 25.6. The number of nitrogens with one attached hydrogen (secondary N) is 3. The number of amides is 2. The third-order valence-corrected chi connectivity index (χ3v) is 8.40. The molecule has 3 aromatic rings. The van der Waals surface area contributed by atoms with Crippen molar-refractivity contribution in [2.45, 2.75) is 30.6 Å². The number of benzene rings is 1. The Balaban J connectivity index is 1.42. The molecule has 1 aromatic carbocycles. The first kappa shape index (κ1) is 24.7. The van der Waals surface area contributed by atoms with E-state index in [0.717, 1.165) is 0 Å². The Kier molecular flexibility index (Phi) is 6.51. The molecule has 0 aliphatic carbocycles. The molecular formula is C22H26ClN7O5S. The van der Waals surface area contributed by atoms with E-state index in [2.05, 4.69) is 20.8 Å². The van der Waals surface area contributed by atoms with Crippen LogP contribution in [0.5, 0.6) is 0 Å². The van der Waals surface area contributed by atoms with Gasteiger partial charge in [-0.15, -0.1) is 0 Å². The number of hydrazine groups is 1. The van der Waals surface area contributed by atoms with Crippen LogP contribution in [0, 0.1) is 0 Å². The second-order valence-corrected chi connectivity index (χ2v) is 11.3. The van der Waals surface area contributed by atoms with Gasteiger partial charge in [-0.1, -0.05) is 11.6 Å². The van der Waals surface area contributed by atoms with Crippen LogP contribution in [-0.4, -0.2) is 84.1 Å². The van der Waals surface area contributed by atoms with E-state index in [1.54, 1.807) is 32.3 Å². The Labute approximate surface area is 212 Å². The molecule has 5 rings (SSSR count). The first-order valence-electron chi connectivity index (χ1n) is 11.4. The van der Waals surface area contributed by atoms with Gasteiger partial charge in [0.1, 0.15) is 10.8 Å². The summed E-state index contributed by atoms with van der Waals surface area (Å²) in [6.45, 7) is 0.892. The maximum Gasteiger partial charge on any atom is 0.310 e. The number of carbonyl (C=O) groups is 2. The summed E-state index contributed by atoms with van der Waals surface area (Å²) in [5.41, 5.74) is 7.15. The SMILES string of the molecule is CN(C)C(=O)CC1CN(S(=O)(=O)c2cc3cc(Cl)ccc3[nH]2)CCN1C(=O)c1nc2c(o1)CNNC2. The summed E-state index contributed by atoms with van der Waals surface area (Å²) in [6.07, 6.45) is -0.0450. The lowest BCUT2D eigenvalue weighted by Gasteiger charge is -2.40. The maximum absolute atomic E-state index is 13.5. The fraction of sp³-hybridized carbons (Fsp3) is 0.409. The molecule has 2 aromatic heterocycles. The van der Waals surface area contributed by atoms with Crippen molar-refractivity contribution < 1.29 is 22.4 Å². The van der Waals surface area contributed by atoms with Crippen LogP contribution < -0.4 is 10.9 Å². The fourth-order valence-electron chi connectivity index (χ4n) is 4.39. The maximum atomic E-state index is 13.5. The zero-order valence-electron chi connectivity index (χ0n) is 19.7. The van der Waals surface area contributed by atoms with Crippen LogP contribution in [0.1, 0.15) is 28.6 Å². The van der Waals surface area contributed by atoms with E-state index in [9.17, 15) is 18.0 Å². The summed E-state index contributed by atoms with van der Waals surface area (Å²) in [4.78, 5) is 36.1. The van der Waals surface area contributed by atoms with E-state index < -0.39 is 22.0 Å². The minimum absolute atomic E-state index is 0.0256. The van der Waals surface area contributed by atoms with Crippen LogP contribution in [0.25, 0.3) is 10.9 Å². The Morgan fingerprint density at radius 1 is 1.19 bits per heavy atom. The second kappa shape index (κ2) is 9.48. The average molecular weight is 536 g/mol. The van der Waals surface area contributed by atoms with Gasteiger partial charge in [0.25, 0.3) is 15.9 Å². The number of oxazole rings is 1. The molecule has 0 bridgehead atoms. The molecule has 1 fully saturated rings. The highest BCUT2D eigenvalue weighted by atomic mass is 35.5. The number of hydrogen-bond donors (Lipinski definition) is 3. The van der Waals surface area contributed by atoms with Gasteiger partial charge in [-0.3, -0.25) is 15.0 Å². The Hall–Kier alpha value is -2.97. The molecular weight excluding hydrogens is 510 g/mol. The summed E-state index contributed by atoms with van der Waals surface area (Å²) < 4.78 is 34.0. The van der Waals surface area contributed by atoms with Gasteiger partial charge < -0.3 is 19.2 Å². The molecule has 0 saturated carbocycles. The largest absolute Gasteiger partial charge is 0.436 e. The van der Waals surface area contributed by atoms with Crippen molar-refractivity contribution in [2.75, 3.05) is 33.7 Å². The molecule has 0 spiro atoms.